The number of aldehydes is 1. The molecule has 2 atom stereocenters. The maximum Gasteiger partial charge on any atom is 0.408 e. The normalized spacial score (nSPS) is 11.9. The number of carbonyl (C=O) groups is 3. The quantitative estimate of drug-likeness (QED) is 0.340. The lowest BCUT2D eigenvalue weighted by Gasteiger charge is -2.24. The smallest absolute Gasteiger partial charge is 0.408 e. The Balaban J connectivity index is 0.000000365. The summed E-state index contributed by atoms with van der Waals surface area (Å²) in [6.45, 7) is 8.66. The largest absolute Gasteiger partial charge is 0.445 e. The van der Waals surface area contributed by atoms with Crippen LogP contribution in [0.5, 0.6) is 0 Å². The number of hydrogen-bond donors (Lipinski definition) is 2. The molecule has 192 valence electrons. The zero-order valence-corrected chi connectivity index (χ0v) is 20.8. The molecule has 9 nitrogen and oxygen atoms in total. The number of benzene rings is 2. The molecule has 35 heavy (non-hydrogen) atoms. The number of carbonyl (C=O) groups excluding carboxylic acids is 3. The van der Waals surface area contributed by atoms with Gasteiger partial charge in [0.15, 0.2) is 6.29 Å². The predicted octanol–water partition coefficient (Wildman–Crippen LogP) is 4.20. The van der Waals surface area contributed by atoms with Crippen molar-refractivity contribution in [3.05, 3.63) is 71.8 Å². The minimum absolute atomic E-state index is 0.207. The first kappa shape index (κ1) is 29.6. The molecule has 2 rings (SSSR count). The van der Waals surface area contributed by atoms with E-state index in [0.29, 0.717) is 19.5 Å². The molecule has 0 aliphatic heterocycles. The molecule has 2 aromatic rings. The number of amides is 2. The van der Waals surface area contributed by atoms with Crippen LogP contribution >= 0.6 is 0 Å². The lowest BCUT2D eigenvalue weighted by molar-refractivity contribution is -0.149. The van der Waals surface area contributed by atoms with Crippen LogP contribution in [0.4, 0.5) is 9.59 Å². The lowest BCUT2D eigenvalue weighted by atomic mass is 10.2. The molecule has 0 aliphatic carbocycles. The first-order chi connectivity index (χ1) is 16.9. The fourth-order valence-corrected chi connectivity index (χ4v) is 2.67. The number of ether oxygens (including phenoxy) is 4. The van der Waals surface area contributed by atoms with Crippen molar-refractivity contribution in [2.45, 2.75) is 59.3 Å². The number of rotatable bonds is 12. The first-order valence-electron chi connectivity index (χ1n) is 11.5. The highest BCUT2D eigenvalue weighted by Crippen LogP contribution is 2.04. The third kappa shape index (κ3) is 13.8. The SMILES string of the molecule is CCOC(OCC)[C@H](C)NC(=O)OCc1ccccc1.C[C@@H](C=O)NC(=O)OCc1ccccc1. The summed E-state index contributed by atoms with van der Waals surface area (Å²) in [6.07, 6.45) is -0.887. The van der Waals surface area contributed by atoms with E-state index >= 15 is 0 Å². The van der Waals surface area contributed by atoms with Crippen molar-refractivity contribution in [2.75, 3.05) is 13.2 Å². The van der Waals surface area contributed by atoms with E-state index in [2.05, 4.69) is 10.6 Å². The van der Waals surface area contributed by atoms with Gasteiger partial charge in [0.25, 0.3) is 0 Å². The Morgan fingerprint density at radius 2 is 1.20 bits per heavy atom. The van der Waals surface area contributed by atoms with E-state index in [9.17, 15) is 14.4 Å². The summed E-state index contributed by atoms with van der Waals surface area (Å²) in [6, 6.07) is 18.1. The Morgan fingerprint density at radius 1 is 0.771 bits per heavy atom. The van der Waals surface area contributed by atoms with Gasteiger partial charge in [-0.2, -0.15) is 0 Å². The Morgan fingerprint density at radius 3 is 1.60 bits per heavy atom. The van der Waals surface area contributed by atoms with Gasteiger partial charge in [-0.3, -0.25) is 0 Å². The summed E-state index contributed by atoms with van der Waals surface area (Å²) < 4.78 is 20.9. The summed E-state index contributed by atoms with van der Waals surface area (Å²) in [5.74, 6) is 0. The van der Waals surface area contributed by atoms with Crippen molar-refractivity contribution >= 4 is 18.5 Å². The molecule has 0 bridgehead atoms. The van der Waals surface area contributed by atoms with Gasteiger partial charge in [0, 0.05) is 13.2 Å². The highest BCUT2D eigenvalue weighted by atomic mass is 16.7. The van der Waals surface area contributed by atoms with Crippen LogP contribution in [0.3, 0.4) is 0 Å². The molecule has 2 amide bonds. The molecule has 0 fully saturated rings. The van der Waals surface area contributed by atoms with Gasteiger partial charge in [0.2, 0.25) is 0 Å². The van der Waals surface area contributed by atoms with Crippen LogP contribution in [-0.2, 0) is 37.0 Å². The van der Waals surface area contributed by atoms with E-state index in [1.54, 1.807) is 6.92 Å². The van der Waals surface area contributed by atoms with E-state index in [1.807, 2.05) is 81.4 Å². The van der Waals surface area contributed by atoms with Gasteiger partial charge in [-0.05, 0) is 38.8 Å². The summed E-state index contributed by atoms with van der Waals surface area (Å²) in [7, 11) is 0. The average molecular weight is 489 g/mol. The van der Waals surface area contributed by atoms with Gasteiger partial charge in [-0.1, -0.05) is 60.7 Å². The lowest BCUT2D eigenvalue weighted by Crippen LogP contribution is -2.44. The molecule has 0 aromatic heterocycles. The zero-order chi connectivity index (χ0) is 25.9. The molecule has 0 unspecified atom stereocenters. The monoisotopic (exact) mass is 488 g/mol. The van der Waals surface area contributed by atoms with Crippen LogP contribution in [0, 0.1) is 0 Å². The number of hydrogen-bond acceptors (Lipinski definition) is 7. The third-order valence-electron chi connectivity index (χ3n) is 4.39. The third-order valence-corrected chi connectivity index (χ3v) is 4.39. The van der Waals surface area contributed by atoms with Crippen LogP contribution in [0.15, 0.2) is 60.7 Å². The average Bonchev–Trinajstić information content (AvgIpc) is 2.87. The van der Waals surface area contributed by atoms with Crippen LogP contribution < -0.4 is 10.6 Å². The van der Waals surface area contributed by atoms with Gasteiger partial charge >= 0.3 is 12.2 Å². The van der Waals surface area contributed by atoms with Crippen LogP contribution in [0.25, 0.3) is 0 Å². The summed E-state index contributed by atoms with van der Waals surface area (Å²) in [5, 5.41) is 5.08. The summed E-state index contributed by atoms with van der Waals surface area (Å²) in [5.41, 5.74) is 1.85. The van der Waals surface area contributed by atoms with E-state index in [4.69, 9.17) is 18.9 Å². The van der Waals surface area contributed by atoms with E-state index in [1.165, 1.54) is 0 Å². The molecule has 9 heteroatoms. The maximum absolute atomic E-state index is 11.7. The predicted molar refractivity (Wildman–Crippen MR) is 132 cm³/mol. The Hall–Kier alpha value is -3.43. The summed E-state index contributed by atoms with van der Waals surface area (Å²) in [4.78, 5) is 33.0. The van der Waals surface area contributed by atoms with E-state index in [0.717, 1.165) is 11.1 Å². The van der Waals surface area contributed by atoms with Gasteiger partial charge in [0.05, 0.1) is 12.1 Å². The molecule has 0 spiro atoms. The van der Waals surface area contributed by atoms with Gasteiger partial charge < -0.3 is 34.4 Å². The minimum Gasteiger partial charge on any atom is -0.445 e. The maximum atomic E-state index is 11.7. The molecule has 0 saturated heterocycles. The molecule has 0 heterocycles. The fourth-order valence-electron chi connectivity index (χ4n) is 2.67. The second-order valence-electron chi connectivity index (χ2n) is 7.40. The Bertz CT molecular complexity index is 843. The number of alkyl carbamates (subject to hydrolysis) is 2. The van der Waals surface area contributed by atoms with Gasteiger partial charge in [-0.25, -0.2) is 9.59 Å². The zero-order valence-electron chi connectivity index (χ0n) is 20.8. The van der Waals surface area contributed by atoms with Crippen molar-refractivity contribution in [1.29, 1.82) is 0 Å². The van der Waals surface area contributed by atoms with Gasteiger partial charge in [0.1, 0.15) is 19.5 Å². The topological polar surface area (TPSA) is 112 Å². The fraction of sp³-hybridized carbons (Fsp3) is 0.423. The highest BCUT2D eigenvalue weighted by molar-refractivity contribution is 5.72. The van der Waals surface area contributed by atoms with Crippen molar-refractivity contribution in [3.63, 3.8) is 0 Å². The Kier molecular flexibility index (Phi) is 15.2. The number of nitrogens with one attached hydrogen (secondary N) is 2. The second-order valence-corrected chi connectivity index (χ2v) is 7.40. The molecule has 0 radical (unpaired) electrons. The van der Waals surface area contributed by atoms with Crippen molar-refractivity contribution in [1.82, 2.24) is 10.6 Å². The van der Waals surface area contributed by atoms with Crippen molar-refractivity contribution in [3.8, 4) is 0 Å². The molecular weight excluding hydrogens is 452 g/mol. The van der Waals surface area contributed by atoms with Crippen LogP contribution in [0.1, 0.15) is 38.8 Å². The van der Waals surface area contributed by atoms with E-state index < -0.39 is 24.5 Å². The van der Waals surface area contributed by atoms with Crippen LogP contribution in [0.2, 0.25) is 0 Å². The molecular formula is C26H36N2O7. The molecule has 0 saturated carbocycles. The minimum atomic E-state index is -0.585. The highest BCUT2D eigenvalue weighted by Gasteiger charge is 2.20. The van der Waals surface area contributed by atoms with Crippen molar-refractivity contribution in [2.24, 2.45) is 0 Å². The molecule has 0 aliphatic rings. The van der Waals surface area contributed by atoms with Gasteiger partial charge in [-0.15, -0.1) is 0 Å². The summed E-state index contributed by atoms with van der Waals surface area (Å²) >= 11 is 0. The first-order valence-corrected chi connectivity index (χ1v) is 11.5. The molecule has 2 aromatic carbocycles. The standard InChI is InChI=1S/C15H23NO4.C11H13NO3/c1-4-18-14(19-5-2)12(3)16-15(17)20-11-13-9-7-6-8-10-13;1-9(7-13)12-11(14)15-8-10-5-3-2-4-6-10/h6-10,12,14H,4-5,11H2,1-3H3,(H,16,17);2-7,9H,8H2,1H3,(H,12,14)/t12-;9-/m00/s1. The van der Waals surface area contributed by atoms with Crippen molar-refractivity contribution < 1.29 is 33.3 Å². The van der Waals surface area contributed by atoms with E-state index in [-0.39, 0.29) is 19.3 Å². The second kappa shape index (κ2) is 18.0. The van der Waals surface area contributed by atoms with Crippen LogP contribution in [-0.4, -0.2) is 50.1 Å². The Labute approximate surface area is 207 Å². The molecule has 2 N–H and O–H groups in total.